The Bertz CT molecular complexity index is 826. The first-order chi connectivity index (χ1) is 12.4. The number of hydrogen-bond acceptors (Lipinski definition) is 5. The predicted octanol–water partition coefficient (Wildman–Crippen LogP) is 3.54. The summed E-state index contributed by atoms with van der Waals surface area (Å²) in [4.78, 5) is 14.4. The van der Waals surface area contributed by atoms with E-state index in [-0.39, 0.29) is 12.2 Å². The van der Waals surface area contributed by atoms with E-state index >= 15 is 0 Å². The number of amides is 1. The van der Waals surface area contributed by atoms with Gasteiger partial charge in [-0.1, -0.05) is 42.1 Å². The molecule has 0 saturated heterocycles. The number of nitrogens with one attached hydrogen (secondary N) is 2. The molecule has 2 rings (SSSR count). The third-order valence-corrected chi connectivity index (χ3v) is 4.56. The van der Waals surface area contributed by atoms with Gasteiger partial charge in [0.2, 0.25) is 0 Å². The fourth-order valence-electron chi connectivity index (χ4n) is 1.93. The molecule has 0 bridgehead atoms. The van der Waals surface area contributed by atoms with Crippen LogP contribution in [0.2, 0.25) is 0 Å². The molecule has 0 saturated carbocycles. The number of carbonyl (C=O) groups is 1. The minimum atomic E-state index is -0.622. The van der Waals surface area contributed by atoms with Crippen molar-refractivity contribution in [1.29, 1.82) is 5.26 Å². The second-order valence-corrected chi connectivity index (χ2v) is 7.34. The second kappa shape index (κ2) is 9.09. The third-order valence-electron chi connectivity index (χ3n) is 3.47. The van der Waals surface area contributed by atoms with Crippen molar-refractivity contribution in [2.45, 2.75) is 29.2 Å². The first kappa shape index (κ1) is 19.6. The number of nitriles is 1. The molecule has 26 heavy (non-hydrogen) atoms. The molecule has 134 valence electrons. The highest BCUT2D eigenvalue weighted by atomic mass is 32.2. The normalized spacial score (nSPS) is 11.5. The van der Waals surface area contributed by atoms with Gasteiger partial charge in [-0.25, -0.2) is 0 Å². The van der Waals surface area contributed by atoms with Crippen molar-refractivity contribution in [1.82, 2.24) is 5.32 Å². The molecular formula is C20H21N3O2S. The Morgan fingerprint density at radius 3 is 2.50 bits per heavy atom. The Morgan fingerprint density at radius 2 is 1.85 bits per heavy atom. The first-order valence-electron chi connectivity index (χ1n) is 8.07. The van der Waals surface area contributed by atoms with Crippen molar-refractivity contribution < 1.29 is 9.90 Å². The van der Waals surface area contributed by atoms with E-state index in [2.05, 4.69) is 10.6 Å². The summed E-state index contributed by atoms with van der Waals surface area (Å²) in [5.41, 5.74) is -0.0522. The molecule has 6 heteroatoms. The number of anilines is 1. The number of rotatable bonds is 7. The highest BCUT2D eigenvalue weighted by molar-refractivity contribution is 7.99. The molecule has 3 N–H and O–H groups in total. The van der Waals surface area contributed by atoms with E-state index in [9.17, 15) is 15.2 Å². The zero-order valence-electron chi connectivity index (χ0n) is 14.7. The lowest BCUT2D eigenvalue weighted by Gasteiger charge is -2.22. The summed E-state index contributed by atoms with van der Waals surface area (Å²) in [5, 5.41) is 24.2. The van der Waals surface area contributed by atoms with Gasteiger partial charge >= 0.3 is 0 Å². The topological polar surface area (TPSA) is 85.2 Å². The van der Waals surface area contributed by atoms with Crippen LogP contribution in [0.3, 0.4) is 0 Å². The molecule has 2 aromatic carbocycles. The van der Waals surface area contributed by atoms with Gasteiger partial charge in [-0.3, -0.25) is 4.79 Å². The third kappa shape index (κ3) is 5.66. The van der Waals surface area contributed by atoms with Gasteiger partial charge in [-0.05, 0) is 38.1 Å². The van der Waals surface area contributed by atoms with Gasteiger partial charge in [-0.2, -0.15) is 5.26 Å². The first-order valence-corrected chi connectivity index (χ1v) is 8.89. The van der Waals surface area contributed by atoms with Crippen molar-refractivity contribution in [3.63, 3.8) is 0 Å². The van der Waals surface area contributed by atoms with Gasteiger partial charge in [0.05, 0.1) is 17.8 Å². The lowest BCUT2D eigenvalue weighted by Crippen LogP contribution is -2.39. The maximum Gasteiger partial charge on any atom is 0.267 e. The molecule has 0 unspecified atom stereocenters. The highest BCUT2D eigenvalue weighted by Gasteiger charge is 2.16. The summed E-state index contributed by atoms with van der Waals surface area (Å²) >= 11 is 1.53. The number of benzene rings is 2. The minimum Gasteiger partial charge on any atom is -0.394 e. The Labute approximate surface area is 157 Å². The lowest BCUT2D eigenvalue weighted by molar-refractivity contribution is -0.112. The zero-order chi connectivity index (χ0) is 19.0. The molecule has 1 amide bonds. The van der Waals surface area contributed by atoms with Crippen LogP contribution in [0, 0.1) is 11.3 Å². The van der Waals surface area contributed by atoms with Crippen molar-refractivity contribution in [3.05, 3.63) is 66.4 Å². The van der Waals surface area contributed by atoms with E-state index in [1.165, 1.54) is 18.0 Å². The van der Waals surface area contributed by atoms with Crippen LogP contribution in [0.5, 0.6) is 0 Å². The Balaban J connectivity index is 2.16. The SMILES string of the molecule is CC(C)(CO)N/C=C(/C#N)C(=O)Nc1ccccc1Sc1ccccc1. The smallest absolute Gasteiger partial charge is 0.267 e. The van der Waals surface area contributed by atoms with Gasteiger partial charge in [0.1, 0.15) is 11.6 Å². The molecule has 0 aliphatic rings. The van der Waals surface area contributed by atoms with Crippen molar-refractivity contribution in [2.24, 2.45) is 0 Å². The predicted molar refractivity (Wildman–Crippen MR) is 104 cm³/mol. The van der Waals surface area contributed by atoms with E-state index in [4.69, 9.17) is 0 Å². The van der Waals surface area contributed by atoms with Crippen LogP contribution in [-0.4, -0.2) is 23.2 Å². The molecule has 0 fully saturated rings. The van der Waals surface area contributed by atoms with Gasteiger partial charge in [-0.15, -0.1) is 0 Å². The highest BCUT2D eigenvalue weighted by Crippen LogP contribution is 2.33. The van der Waals surface area contributed by atoms with Crippen LogP contribution < -0.4 is 10.6 Å². The average Bonchev–Trinajstić information content (AvgIpc) is 2.64. The molecule has 2 aromatic rings. The van der Waals surface area contributed by atoms with Crippen molar-refractivity contribution in [3.8, 4) is 6.07 Å². The van der Waals surface area contributed by atoms with Crippen molar-refractivity contribution in [2.75, 3.05) is 11.9 Å². The zero-order valence-corrected chi connectivity index (χ0v) is 15.5. The van der Waals surface area contributed by atoms with Crippen LogP contribution in [0.1, 0.15) is 13.8 Å². The summed E-state index contributed by atoms with van der Waals surface area (Å²) in [7, 11) is 0. The number of para-hydroxylation sites is 1. The summed E-state index contributed by atoms with van der Waals surface area (Å²) in [6.45, 7) is 3.41. The largest absolute Gasteiger partial charge is 0.394 e. The van der Waals surface area contributed by atoms with Crippen LogP contribution in [0.25, 0.3) is 0 Å². The van der Waals surface area contributed by atoms with Crippen LogP contribution in [0.15, 0.2) is 76.2 Å². The van der Waals surface area contributed by atoms with E-state index < -0.39 is 11.4 Å². The molecule has 0 radical (unpaired) electrons. The Morgan fingerprint density at radius 1 is 1.19 bits per heavy atom. The fourth-order valence-corrected chi connectivity index (χ4v) is 2.85. The monoisotopic (exact) mass is 367 g/mol. The van der Waals surface area contributed by atoms with Crippen molar-refractivity contribution >= 4 is 23.4 Å². The summed E-state index contributed by atoms with van der Waals surface area (Å²) in [5.74, 6) is -0.505. The summed E-state index contributed by atoms with van der Waals surface area (Å²) < 4.78 is 0. The quantitative estimate of drug-likeness (QED) is 0.515. The molecule has 0 atom stereocenters. The van der Waals surface area contributed by atoms with E-state index in [1.54, 1.807) is 19.9 Å². The number of nitrogens with zero attached hydrogens (tertiary/aromatic N) is 1. The maximum absolute atomic E-state index is 12.4. The molecule has 0 aliphatic carbocycles. The van der Waals surface area contributed by atoms with Crippen LogP contribution >= 0.6 is 11.8 Å². The maximum atomic E-state index is 12.4. The molecule has 0 heterocycles. The minimum absolute atomic E-state index is 0.0639. The van der Waals surface area contributed by atoms with Gasteiger partial charge in [0.15, 0.2) is 0 Å². The summed E-state index contributed by atoms with van der Waals surface area (Å²) in [6.07, 6.45) is 1.33. The van der Waals surface area contributed by atoms with Crippen LogP contribution in [0.4, 0.5) is 5.69 Å². The molecule has 5 nitrogen and oxygen atoms in total. The Kier molecular flexibility index (Phi) is 6.84. The second-order valence-electron chi connectivity index (χ2n) is 6.22. The van der Waals surface area contributed by atoms with E-state index in [1.807, 2.05) is 54.6 Å². The molecule has 0 aromatic heterocycles. The van der Waals surface area contributed by atoms with Gasteiger partial charge < -0.3 is 15.7 Å². The summed E-state index contributed by atoms with van der Waals surface area (Å²) in [6, 6.07) is 19.2. The number of aliphatic hydroxyl groups is 1. The van der Waals surface area contributed by atoms with E-state index in [0.717, 1.165) is 9.79 Å². The molecule has 0 spiro atoms. The molecular weight excluding hydrogens is 346 g/mol. The molecule has 0 aliphatic heterocycles. The number of carbonyl (C=O) groups excluding carboxylic acids is 1. The Hall–Kier alpha value is -2.75. The van der Waals surface area contributed by atoms with Gasteiger partial charge in [0.25, 0.3) is 5.91 Å². The lowest BCUT2D eigenvalue weighted by atomic mass is 10.1. The van der Waals surface area contributed by atoms with E-state index in [0.29, 0.717) is 5.69 Å². The fraction of sp³-hybridized carbons (Fsp3) is 0.200. The standard InChI is InChI=1S/C20H21N3O2S/c1-20(2,14-24)22-13-15(12-21)19(25)23-17-10-6-7-11-18(17)26-16-8-4-3-5-9-16/h3-11,13,22,24H,14H2,1-2H3,(H,23,25)/b15-13-. The average molecular weight is 367 g/mol. The number of hydrogen-bond donors (Lipinski definition) is 3. The number of aliphatic hydroxyl groups excluding tert-OH is 1. The van der Waals surface area contributed by atoms with Gasteiger partial charge in [0, 0.05) is 16.0 Å². The van der Waals surface area contributed by atoms with Crippen LogP contribution in [-0.2, 0) is 4.79 Å².